The quantitative estimate of drug-likeness (QED) is 0.852. The molecular weight excluding hydrogens is 250 g/mol. The Kier molecular flexibility index (Phi) is 3.36. The van der Waals surface area contributed by atoms with Gasteiger partial charge in [-0.1, -0.05) is 6.92 Å². The number of carbonyl (C=O) groups excluding carboxylic acids is 1. The highest BCUT2D eigenvalue weighted by atomic mass is 16.2. The molecule has 1 aromatic heterocycles. The third-order valence-corrected chi connectivity index (χ3v) is 5.18. The van der Waals surface area contributed by atoms with Crippen LogP contribution in [-0.4, -0.2) is 35.0 Å². The Hall–Kier alpha value is -1.29. The molecule has 4 heteroatoms. The second-order valence-corrected chi connectivity index (χ2v) is 6.54. The maximum atomic E-state index is 13.0. The van der Waals surface area contributed by atoms with Gasteiger partial charge in [0.05, 0.1) is 6.04 Å². The Labute approximate surface area is 121 Å². The monoisotopic (exact) mass is 275 g/mol. The standard InChI is InChI=1S/C16H25N3O/c1-12-4-5-14-13(2)19(11-10-18(12)14)15(20)16(3)6-8-17-9-7-16/h4-5,13,17H,6-11H2,1-3H3. The highest BCUT2D eigenvalue weighted by molar-refractivity contribution is 5.83. The molecule has 2 aliphatic rings. The SMILES string of the molecule is Cc1ccc2n1CCN(C(=O)C1(C)CCNCC1)C2C. The van der Waals surface area contributed by atoms with Crippen LogP contribution in [0.25, 0.3) is 0 Å². The van der Waals surface area contributed by atoms with Gasteiger partial charge in [-0.25, -0.2) is 0 Å². The van der Waals surface area contributed by atoms with Crippen LogP contribution >= 0.6 is 0 Å². The van der Waals surface area contributed by atoms with E-state index in [1.807, 2.05) is 0 Å². The van der Waals surface area contributed by atoms with Gasteiger partial charge in [-0.05, 0) is 51.9 Å². The van der Waals surface area contributed by atoms with Gasteiger partial charge in [0.25, 0.3) is 0 Å². The Balaban J connectivity index is 1.83. The molecule has 1 N–H and O–H groups in total. The van der Waals surface area contributed by atoms with Crippen molar-refractivity contribution >= 4 is 5.91 Å². The maximum Gasteiger partial charge on any atom is 0.229 e. The smallest absolute Gasteiger partial charge is 0.229 e. The van der Waals surface area contributed by atoms with E-state index in [1.54, 1.807) is 0 Å². The topological polar surface area (TPSA) is 37.3 Å². The Morgan fingerprint density at radius 1 is 1.30 bits per heavy atom. The second kappa shape index (κ2) is 4.92. The summed E-state index contributed by atoms with van der Waals surface area (Å²) in [6.45, 7) is 10.1. The van der Waals surface area contributed by atoms with Crippen LogP contribution in [0.3, 0.4) is 0 Å². The van der Waals surface area contributed by atoms with Gasteiger partial charge in [0.2, 0.25) is 5.91 Å². The minimum atomic E-state index is -0.177. The minimum absolute atomic E-state index is 0.177. The van der Waals surface area contributed by atoms with E-state index in [0.29, 0.717) is 5.91 Å². The van der Waals surface area contributed by atoms with Gasteiger partial charge in [0, 0.05) is 29.9 Å². The molecule has 110 valence electrons. The van der Waals surface area contributed by atoms with E-state index in [9.17, 15) is 4.79 Å². The van der Waals surface area contributed by atoms with Crippen molar-refractivity contribution in [3.63, 3.8) is 0 Å². The van der Waals surface area contributed by atoms with E-state index >= 15 is 0 Å². The molecule has 3 rings (SSSR count). The third kappa shape index (κ3) is 2.06. The van der Waals surface area contributed by atoms with Crippen LogP contribution < -0.4 is 5.32 Å². The fourth-order valence-electron chi connectivity index (χ4n) is 3.64. The summed E-state index contributed by atoms with van der Waals surface area (Å²) < 4.78 is 2.35. The van der Waals surface area contributed by atoms with E-state index in [0.717, 1.165) is 39.0 Å². The lowest BCUT2D eigenvalue weighted by atomic mass is 9.79. The number of rotatable bonds is 1. The molecule has 0 bridgehead atoms. The molecule has 1 fully saturated rings. The van der Waals surface area contributed by atoms with Gasteiger partial charge in [-0.2, -0.15) is 0 Å². The Morgan fingerprint density at radius 2 is 2.00 bits per heavy atom. The molecule has 20 heavy (non-hydrogen) atoms. The number of aryl methyl sites for hydroxylation is 1. The molecule has 0 aliphatic carbocycles. The molecule has 0 saturated carbocycles. The summed E-state index contributed by atoms with van der Waals surface area (Å²) in [6.07, 6.45) is 1.91. The van der Waals surface area contributed by atoms with Crippen molar-refractivity contribution in [3.8, 4) is 0 Å². The van der Waals surface area contributed by atoms with Crippen LogP contribution in [0.5, 0.6) is 0 Å². The van der Waals surface area contributed by atoms with Gasteiger partial charge < -0.3 is 14.8 Å². The van der Waals surface area contributed by atoms with Crippen LogP contribution in [-0.2, 0) is 11.3 Å². The molecular formula is C16H25N3O. The molecule has 0 spiro atoms. The summed E-state index contributed by atoms with van der Waals surface area (Å²) in [4.78, 5) is 15.1. The number of amides is 1. The minimum Gasteiger partial charge on any atom is -0.345 e. The first-order valence-corrected chi connectivity index (χ1v) is 7.71. The molecule has 1 saturated heterocycles. The number of carbonyl (C=O) groups is 1. The van der Waals surface area contributed by atoms with E-state index in [2.05, 4.69) is 47.7 Å². The molecule has 1 aromatic rings. The fraction of sp³-hybridized carbons (Fsp3) is 0.688. The van der Waals surface area contributed by atoms with Crippen LogP contribution in [0.2, 0.25) is 0 Å². The van der Waals surface area contributed by atoms with Crippen molar-refractivity contribution < 1.29 is 4.79 Å². The van der Waals surface area contributed by atoms with Gasteiger partial charge in [-0.3, -0.25) is 4.79 Å². The Bertz CT molecular complexity index is 514. The lowest BCUT2D eigenvalue weighted by molar-refractivity contribution is -0.146. The van der Waals surface area contributed by atoms with Crippen LogP contribution in [0.1, 0.15) is 44.1 Å². The van der Waals surface area contributed by atoms with E-state index in [-0.39, 0.29) is 11.5 Å². The first-order valence-electron chi connectivity index (χ1n) is 7.71. The molecule has 2 aliphatic heterocycles. The number of fused-ring (bicyclic) bond motifs is 1. The summed E-state index contributed by atoms with van der Waals surface area (Å²) in [6, 6.07) is 4.52. The van der Waals surface area contributed by atoms with Crippen molar-refractivity contribution in [2.24, 2.45) is 5.41 Å². The summed E-state index contributed by atoms with van der Waals surface area (Å²) in [5, 5.41) is 3.35. The second-order valence-electron chi connectivity index (χ2n) is 6.54. The average molecular weight is 275 g/mol. The highest BCUT2D eigenvalue weighted by Crippen LogP contribution is 2.35. The van der Waals surface area contributed by atoms with Crippen LogP contribution in [0.4, 0.5) is 0 Å². The molecule has 0 radical (unpaired) electrons. The number of nitrogens with one attached hydrogen (secondary N) is 1. The molecule has 1 amide bonds. The largest absolute Gasteiger partial charge is 0.345 e. The van der Waals surface area contributed by atoms with Crippen molar-refractivity contribution in [1.29, 1.82) is 0 Å². The lowest BCUT2D eigenvalue weighted by Crippen LogP contribution is -2.51. The lowest BCUT2D eigenvalue weighted by Gasteiger charge is -2.42. The molecule has 4 nitrogen and oxygen atoms in total. The predicted molar refractivity (Wildman–Crippen MR) is 79.5 cm³/mol. The number of aromatic nitrogens is 1. The van der Waals surface area contributed by atoms with Crippen LogP contribution in [0.15, 0.2) is 12.1 Å². The van der Waals surface area contributed by atoms with E-state index in [1.165, 1.54) is 11.4 Å². The molecule has 1 unspecified atom stereocenters. The van der Waals surface area contributed by atoms with Gasteiger partial charge in [-0.15, -0.1) is 0 Å². The highest BCUT2D eigenvalue weighted by Gasteiger charge is 2.40. The number of nitrogens with zero attached hydrogens (tertiary/aromatic N) is 2. The maximum absolute atomic E-state index is 13.0. The normalized spacial score (nSPS) is 25.4. The zero-order valence-electron chi connectivity index (χ0n) is 12.8. The summed E-state index contributed by atoms with van der Waals surface area (Å²) in [5.41, 5.74) is 2.40. The third-order valence-electron chi connectivity index (χ3n) is 5.18. The predicted octanol–water partition coefficient (Wildman–Crippen LogP) is 2.09. The van der Waals surface area contributed by atoms with Crippen molar-refractivity contribution in [3.05, 3.63) is 23.5 Å². The van der Waals surface area contributed by atoms with Gasteiger partial charge in [0.1, 0.15) is 0 Å². The van der Waals surface area contributed by atoms with Crippen LogP contribution in [0, 0.1) is 12.3 Å². The van der Waals surface area contributed by atoms with Crippen molar-refractivity contribution in [1.82, 2.24) is 14.8 Å². The summed E-state index contributed by atoms with van der Waals surface area (Å²) in [7, 11) is 0. The van der Waals surface area contributed by atoms with Crippen molar-refractivity contribution in [2.75, 3.05) is 19.6 Å². The molecule has 0 aromatic carbocycles. The summed E-state index contributed by atoms with van der Waals surface area (Å²) in [5.74, 6) is 0.344. The number of hydrogen-bond acceptors (Lipinski definition) is 2. The van der Waals surface area contributed by atoms with Crippen molar-refractivity contribution in [2.45, 2.75) is 46.2 Å². The zero-order valence-corrected chi connectivity index (χ0v) is 12.8. The number of piperidine rings is 1. The number of hydrogen-bond donors (Lipinski definition) is 1. The van der Waals surface area contributed by atoms with E-state index < -0.39 is 0 Å². The molecule has 3 heterocycles. The molecule has 1 atom stereocenters. The van der Waals surface area contributed by atoms with Gasteiger partial charge >= 0.3 is 0 Å². The fourth-order valence-corrected chi connectivity index (χ4v) is 3.64. The first kappa shape index (κ1) is 13.7. The Morgan fingerprint density at radius 3 is 2.70 bits per heavy atom. The summed E-state index contributed by atoms with van der Waals surface area (Å²) >= 11 is 0. The average Bonchev–Trinajstić information content (AvgIpc) is 2.82. The zero-order chi connectivity index (χ0) is 14.3. The van der Waals surface area contributed by atoms with E-state index in [4.69, 9.17) is 0 Å². The first-order chi connectivity index (χ1) is 9.53. The van der Waals surface area contributed by atoms with Gasteiger partial charge in [0.15, 0.2) is 0 Å².